The summed E-state index contributed by atoms with van der Waals surface area (Å²) in [4.78, 5) is 0. The van der Waals surface area contributed by atoms with Crippen LogP contribution in [-0.2, 0) is 0 Å². The second-order valence-corrected chi connectivity index (χ2v) is 4.71. The normalized spacial score (nSPS) is 10.3. The van der Waals surface area contributed by atoms with Gasteiger partial charge in [-0.1, -0.05) is 18.2 Å². The van der Waals surface area contributed by atoms with E-state index < -0.39 is 0 Å². The van der Waals surface area contributed by atoms with E-state index in [-0.39, 0.29) is 0 Å². The van der Waals surface area contributed by atoms with Crippen molar-refractivity contribution in [1.29, 1.82) is 0 Å². The summed E-state index contributed by atoms with van der Waals surface area (Å²) < 4.78 is 10.5. The quantitative estimate of drug-likeness (QED) is 0.505. The van der Waals surface area contributed by atoms with E-state index in [0.717, 1.165) is 17.0 Å². The Morgan fingerprint density at radius 2 is 1.86 bits per heavy atom. The molecule has 6 heteroatoms. The Bertz CT molecular complexity index is 660. The molecule has 0 bridgehead atoms. The van der Waals surface area contributed by atoms with Crippen LogP contribution in [-0.4, -0.2) is 25.5 Å². The smallest absolute Gasteiger partial charge is 0.191 e. The lowest BCUT2D eigenvalue weighted by Gasteiger charge is -2.08. The number of anilines is 1. The van der Waals surface area contributed by atoms with Gasteiger partial charge in [0, 0.05) is 11.3 Å². The third kappa shape index (κ3) is 4.46. The SMILES string of the molecule is COc1ccc(OC)c(C=NNC(=S)Nc2ccccc2)c1. The van der Waals surface area contributed by atoms with Crippen molar-refractivity contribution >= 4 is 29.2 Å². The number of rotatable bonds is 5. The molecule has 0 radical (unpaired) electrons. The molecule has 0 amide bonds. The van der Waals surface area contributed by atoms with Gasteiger partial charge in [-0.15, -0.1) is 0 Å². The molecule has 0 saturated heterocycles. The number of hydrazone groups is 1. The number of ether oxygens (including phenoxy) is 2. The van der Waals surface area contributed by atoms with Gasteiger partial charge < -0.3 is 14.8 Å². The Morgan fingerprint density at radius 1 is 1.09 bits per heavy atom. The van der Waals surface area contributed by atoms with Crippen LogP contribution < -0.4 is 20.2 Å². The molecule has 5 nitrogen and oxygen atoms in total. The number of hydrogen-bond acceptors (Lipinski definition) is 4. The van der Waals surface area contributed by atoms with E-state index in [1.54, 1.807) is 20.4 Å². The molecule has 0 unspecified atom stereocenters. The van der Waals surface area contributed by atoms with Gasteiger partial charge in [0.2, 0.25) is 0 Å². The summed E-state index contributed by atoms with van der Waals surface area (Å²) in [5, 5.41) is 7.54. The van der Waals surface area contributed by atoms with Gasteiger partial charge in [-0.2, -0.15) is 5.10 Å². The van der Waals surface area contributed by atoms with Crippen molar-refractivity contribution in [2.45, 2.75) is 0 Å². The fourth-order valence-corrected chi connectivity index (χ4v) is 1.95. The topological polar surface area (TPSA) is 54.9 Å². The van der Waals surface area contributed by atoms with Crippen molar-refractivity contribution < 1.29 is 9.47 Å². The highest BCUT2D eigenvalue weighted by atomic mass is 32.1. The highest BCUT2D eigenvalue weighted by Crippen LogP contribution is 2.22. The van der Waals surface area contributed by atoms with Crippen LogP contribution >= 0.6 is 12.2 Å². The molecular formula is C16H17N3O2S. The largest absolute Gasteiger partial charge is 0.497 e. The molecule has 2 N–H and O–H groups in total. The summed E-state index contributed by atoms with van der Waals surface area (Å²) >= 11 is 5.17. The number of benzene rings is 2. The summed E-state index contributed by atoms with van der Waals surface area (Å²) in [5.41, 5.74) is 4.45. The summed E-state index contributed by atoms with van der Waals surface area (Å²) in [6.45, 7) is 0. The van der Waals surface area contributed by atoms with E-state index in [4.69, 9.17) is 21.7 Å². The maximum atomic E-state index is 5.27. The first-order valence-electron chi connectivity index (χ1n) is 6.60. The zero-order valence-corrected chi connectivity index (χ0v) is 13.2. The number of nitrogens with one attached hydrogen (secondary N) is 2. The molecule has 0 aliphatic rings. The lowest BCUT2D eigenvalue weighted by atomic mass is 10.2. The molecule has 2 aromatic carbocycles. The minimum absolute atomic E-state index is 0.407. The van der Waals surface area contributed by atoms with Gasteiger partial charge in [0.15, 0.2) is 5.11 Å². The summed E-state index contributed by atoms with van der Waals surface area (Å²) in [5.74, 6) is 1.43. The second kappa shape index (κ2) is 7.99. The highest BCUT2D eigenvalue weighted by Gasteiger charge is 2.02. The van der Waals surface area contributed by atoms with Crippen LogP contribution in [0.4, 0.5) is 5.69 Å². The summed E-state index contributed by atoms with van der Waals surface area (Å²) in [6.07, 6.45) is 1.63. The van der Waals surface area contributed by atoms with Crippen LogP contribution in [0.25, 0.3) is 0 Å². The van der Waals surface area contributed by atoms with Gasteiger partial charge in [-0.3, -0.25) is 5.43 Å². The lowest BCUT2D eigenvalue weighted by Crippen LogP contribution is -2.23. The van der Waals surface area contributed by atoms with E-state index >= 15 is 0 Å². The lowest BCUT2D eigenvalue weighted by molar-refractivity contribution is 0.402. The van der Waals surface area contributed by atoms with Crippen LogP contribution in [0.5, 0.6) is 11.5 Å². The average Bonchev–Trinajstić information content (AvgIpc) is 2.55. The number of para-hydroxylation sites is 1. The van der Waals surface area contributed by atoms with Gasteiger partial charge in [-0.05, 0) is 42.5 Å². The first kappa shape index (κ1) is 15.8. The Labute approximate surface area is 134 Å². The van der Waals surface area contributed by atoms with Crippen molar-refractivity contribution in [3.63, 3.8) is 0 Å². The predicted molar refractivity (Wildman–Crippen MR) is 92.9 cm³/mol. The predicted octanol–water partition coefficient (Wildman–Crippen LogP) is 3.02. The molecular weight excluding hydrogens is 298 g/mol. The third-order valence-electron chi connectivity index (χ3n) is 2.84. The number of hydrogen-bond donors (Lipinski definition) is 2. The van der Waals surface area contributed by atoms with Gasteiger partial charge >= 0.3 is 0 Å². The zero-order chi connectivity index (χ0) is 15.8. The number of thiocarbonyl (C=S) groups is 1. The number of nitrogens with zero attached hydrogens (tertiary/aromatic N) is 1. The van der Waals surface area contributed by atoms with Crippen molar-refractivity contribution in [2.75, 3.05) is 19.5 Å². The van der Waals surface area contributed by atoms with Crippen LogP contribution in [0.15, 0.2) is 53.6 Å². The average molecular weight is 315 g/mol. The monoisotopic (exact) mass is 315 g/mol. The van der Waals surface area contributed by atoms with Gasteiger partial charge in [0.05, 0.1) is 20.4 Å². The van der Waals surface area contributed by atoms with Gasteiger partial charge in [0.25, 0.3) is 0 Å². The van der Waals surface area contributed by atoms with Crippen molar-refractivity contribution in [3.8, 4) is 11.5 Å². The molecule has 0 aliphatic heterocycles. The van der Waals surface area contributed by atoms with E-state index in [0.29, 0.717) is 10.9 Å². The molecule has 0 aromatic heterocycles. The fraction of sp³-hybridized carbons (Fsp3) is 0.125. The van der Waals surface area contributed by atoms with Crippen molar-refractivity contribution in [1.82, 2.24) is 5.43 Å². The van der Waals surface area contributed by atoms with Crippen molar-refractivity contribution in [3.05, 3.63) is 54.1 Å². The van der Waals surface area contributed by atoms with Crippen molar-refractivity contribution in [2.24, 2.45) is 5.10 Å². The maximum absolute atomic E-state index is 5.27. The Morgan fingerprint density at radius 3 is 2.55 bits per heavy atom. The van der Waals surface area contributed by atoms with E-state index in [9.17, 15) is 0 Å². The highest BCUT2D eigenvalue weighted by molar-refractivity contribution is 7.80. The van der Waals surface area contributed by atoms with E-state index in [1.165, 1.54) is 0 Å². The van der Waals surface area contributed by atoms with Crippen LogP contribution in [0.3, 0.4) is 0 Å². The first-order valence-corrected chi connectivity index (χ1v) is 7.01. The summed E-state index contributed by atoms with van der Waals surface area (Å²) in [7, 11) is 3.22. The molecule has 2 rings (SSSR count). The fourth-order valence-electron chi connectivity index (χ4n) is 1.78. The minimum atomic E-state index is 0.407. The Hall–Kier alpha value is -2.60. The van der Waals surface area contributed by atoms with E-state index in [1.807, 2.05) is 48.5 Å². The van der Waals surface area contributed by atoms with E-state index in [2.05, 4.69) is 15.8 Å². The second-order valence-electron chi connectivity index (χ2n) is 4.30. The standard InChI is InChI=1S/C16H17N3O2S/c1-20-14-8-9-15(21-2)12(10-14)11-17-19-16(22)18-13-6-4-3-5-7-13/h3-11H,1-2H3,(H2,18,19,22). The minimum Gasteiger partial charge on any atom is -0.497 e. The molecule has 2 aromatic rings. The molecule has 0 heterocycles. The molecule has 22 heavy (non-hydrogen) atoms. The molecule has 0 saturated carbocycles. The maximum Gasteiger partial charge on any atom is 0.191 e. The van der Waals surface area contributed by atoms with Gasteiger partial charge in [-0.25, -0.2) is 0 Å². The molecule has 0 atom stereocenters. The zero-order valence-electron chi connectivity index (χ0n) is 12.4. The molecule has 0 spiro atoms. The van der Waals surface area contributed by atoms with Crippen LogP contribution in [0.2, 0.25) is 0 Å². The molecule has 114 valence electrons. The third-order valence-corrected chi connectivity index (χ3v) is 3.03. The van der Waals surface area contributed by atoms with Gasteiger partial charge in [0.1, 0.15) is 11.5 Å². The first-order chi connectivity index (χ1) is 10.7. The Kier molecular flexibility index (Phi) is 5.73. The van der Waals surface area contributed by atoms with Crippen LogP contribution in [0.1, 0.15) is 5.56 Å². The molecule has 0 aliphatic carbocycles. The summed E-state index contributed by atoms with van der Waals surface area (Å²) in [6, 6.07) is 15.1. The molecule has 0 fully saturated rings. The Balaban J connectivity index is 1.98. The number of methoxy groups -OCH3 is 2. The van der Waals surface area contributed by atoms with Crippen LogP contribution in [0, 0.1) is 0 Å².